The largest absolute Gasteiger partial charge is 0.383 e. The number of anilines is 1. The Hall–Kier alpha value is -0.700. The number of rotatable bonds is 5. The van der Waals surface area contributed by atoms with Crippen molar-refractivity contribution in [2.45, 2.75) is 29.7 Å². The lowest BCUT2D eigenvalue weighted by atomic mass is 9.75. The lowest BCUT2D eigenvalue weighted by molar-refractivity contribution is 0.0455. The molecule has 2 N–H and O–H groups in total. The molecule has 1 fully saturated rings. The molecule has 0 amide bonds. The molecule has 21 heavy (non-hydrogen) atoms. The highest BCUT2D eigenvalue weighted by atomic mass is 79.9. The molecule has 0 unspecified atom stereocenters. The minimum atomic E-state index is -3.65. The first-order valence-corrected chi connectivity index (χ1v) is 8.97. The smallest absolute Gasteiger partial charge is 0.246 e. The first-order valence-electron chi connectivity index (χ1n) is 6.74. The van der Waals surface area contributed by atoms with Gasteiger partial charge in [0.1, 0.15) is 10.7 Å². The van der Waals surface area contributed by atoms with Gasteiger partial charge in [-0.2, -0.15) is 4.31 Å². The van der Waals surface area contributed by atoms with Crippen LogP contribution in [0.4, 0.5) is 5.82 Å². The zero-order valence-electron chi connectivity index (χ0n) is 12.5. The van der Waals surface area contributed by atoms with Crippen LogP contribution < -0.4 is 5.73 Å². The summed E-state index contributed by atoms with van der Waals surface area (Å²) in [5, 5.41) is 0. The van der Waals surface area contributed by atoms with Crippen molar-refractivity contribution in [3.63, 3.8) is 0 Å². The van der Waals surface area contributed by atoms with Crippen LogP contribution >= 0.6 is 15.9 Å². The number of likely N-dealkylation sites (N-methyl/N-ethyl adjacent to an activating group) is 2. The van der Waals surface area contributed by atoms with Crippen molar-refractivity contribution in [2.75, 3.05) is 33.4 Å². The molecule has 2 rings (SSSR count). The molecule has 0 spiro atoms. The third-order valence-electron chi connectivity index (χ3n) is 4.29. The summed E-state index contributed by atoms with van der Waals surface area (Å²) in [5.74, 6) is 0.0255. The summed E-state index contributed by atoms with van der Waals surface area (Å²) < 4.78 is 27.4. The van der Waals surface area contributed by atoms with Crippen molar-refractivity contribution in [1.29, 1.82) is 0 Å². The standard InChI is InChI=1S/C13H21BrN4O2S/c1-17(2)13(5-4-6-13)9-18(3)21(19,20)11-7-10(14)8-16-12(11)15/h7-8H,4-6,9H2,1-3H3,(H2,15,16). The van der Waals surface area contributed by atoms with Gasteiger partial charge in [-0.15, -0.1) is 0 Å². The fraction of sp³-hybridized carbons (Fsp3) is 0.615. The third kappa shape index (κ3) is 3.08. The van der Waals surface area contributed by atoms with Crippen LogP contribution in [0.25, 0.3) is 0 Å². The number of sulfonamides is 1. The van der Waals surface area contributed by atoms with Gasteiger partial charge in [0.05, 0.1) is 0 Å². The molecule has 0 aliphatic heterocycles. The molecule has 1 heterocycles. The van der Waals surface area contributed by atoms with E-state index in [0.717, 1.165) is 19.3 Å². The molecule has 8 heteroatoms. The zero-order chi connectivity index (χ0) is 15.8. The third-order valence-corrected chi connectivity index (χ3v) is 6.55. The summed E-state index contributed by atoms with van der Waals surface area (Å²) in [6.45, 7) is 0.453. The number of hydrogen-bond donors (Lipinski definition) is 1. The van der Waals surface area contributed by atoms with Crippen molar-refractivity contribution in [2.24, 2.45) is 0 Å². The summed E-state index contributed by atoms with van der Waals surface area (Å²) >= 11 is 3.24. The molecular formula is C13H21BrN4O2S. The van der Waals surface area contributed by atoms with Gasteiger partial charge in [-0.05, 0) is 55.4 Å². The van der Waals surface area contributed by atoms with E-state index < -0.39 is 10.0 Å². The normalized spacial score (nSPS) is 18.0. The Morgan fingerprint density at radius 2 is 2.00 bits per heavy atom. The average Bonchev–Trinajstić information content (AvgIpc) is 2.35. The minimum Gasteiger partial charge on any atom is -0.383 e. The Bertz CT molecular complexity index is 629. The van der Waals surface area contributed by atoms with E-state index in [1.54, 1.807) is 7.05 Å². The summed E-state index contributed by atoms with van der Waals surface area (Å²) in [6.07, 6.45) is 4.63. The van der Waals surface area contributed by atoms with Crippen LogP contribution in [0.5, 0.6) is 0 Å². The molecule has 1 aliphatic carbocycles. The molecule has 1 aromatic rings. The summed E-state index contributed by atoms with van der Waals surface area (Å²) in [5.41, 5.74) is 5.66. The van der Waals surface area contributed by atoms with Gasteiger partial charge in [0.15, 0.2) is 0 Å². The first-order chi connectivity index (χ1) is 9.69. The van der Waals surface area contributed by atoms with E-state index in [0.29, 0.717) is 11.0 Å². The van der Waals surface area contributed by atoms with Gasteiger partial charge >= 0.3 is 0 Å². The quantitative estimate of drug-likeness (QED) is 0.842. The molecule has 1 aromatic heterocycles. The zero-order valence-corrected chi connectivity index (χ0v) is 14.9. The highest BCUT2D eigenvalue weighted by Gasteiger charge is 2.42. The summed E-state index contributed by atoms with van der Waals surface area (Å²) in [4.78, 5) is 6.07. The van der Waals surface area contributed by atoms with E-state index in [4.69, 9.17) is 5.73 Å². The van der Waals surface area contributed by atoms with Crippen LogP contribution in [0.1, 0.15) is 19.3 Å². The van der Waals surface area contributed by atoms with E-state index in [1.807, 2.05) is 14.1 Å². The monoisotopic (exact) mass is 376 g/mol. The van der Waals surface area contributed by atoms with Crippen LogP contribution in [0, 0.1) is 0 Å². The van der Waals surface area contributed by atoms with Crippen molar-refractivity contribution in [1.82, 2.24) is 14.2 Å². The molecule has 1 aliphatic rings. The number of halogens is 1. The van der Waals surface area contributed by atoms with Crippen LogP contribution in [0.15, 0.2) is 21.6 Å². The number of pyridine rings is 1. The van der Waals surface area contributed by atoms with Crippen molar-refractivity contribution in [3.05, 3.63) is 16.7 Å². The Kier molecular flexibility index (Phi) is 4.63. The second kappa shape index (κ2) is 5.83. The number of aromatic nitrogens is 1. The maximum atomic E-state index is 12.7. The van der Waals surface area contributed by atoms with Crippen molar-refractivity contribution in [3.8, 4) is 0 Å². The molecule has 1 saturated carbocycles. The van der Waals surface area contributed by atoms with Crippen molar-refractivity contribution < 1.29 is 8.42 Å². The molecule has 0 bridgehead atoms. The second-order valence-corrected chi connectivity index (χ2v) is 8.70. The Labute approximate surface area is 134 Å². The predicted octanol–water partition coefficient (Wildman–Crippen LogP) is 1.53. The molecule has 0 atom stereocenters. The topological polar surface area (TPSA) is 79.5 Å². The number of hydrogen-bond acceptors (Lipinski definition) is 5. The van der Waals surface area contributed by atoms with Crippen molar-refractivity contribution >= 4 is 31.8 Å². The van der Waals surface area contributed by atoms with E-state index >= 15 is 0 Å². The Morgan fingerprint density at radius 1 is 1.38 bits per heavy atom. The average molecular weight is 377 g/mol. The molecule has 0 radical (unpaired) electrons. The van der Waals surface area contributed by atoms with Gasteiger partial charge in [-0.25, -0.2) is 13.4 Å². The van der Waals surface area contributed by atoms with Gasteiger partial charge in [0, 0.05) is 29.8 Å². The lowest BCUT2D eigenvalue weighted by Gasteiger charge is -2.48. The second-order valence-electron chi connectivity index (χ2n) is 5.77. The van der Waals surface area contributed by atoms with Crippen LogP contribution in [0.2, 0.25) is 0 Å². The number of nitrogens with two attached hydrogens (primary N) is 1. The highest BCUT2D eigenvalue weighted by molar-refractivity contribution is 9.10. The predicted molar refractivity (Wildman–Crippen MR) is 86.4 cm³/mol. The SMILES string of the molecule is CN(C)C1(CN(C)S(=O)(=O)c2cc(Br)cnc2N)CCC1. The van der Waals surface area contributed by atoms with E-state index in [2.05, 4.69) is 25.8 Å². The Balaban J connectivity index is 2.29. The maximum Gasteiger partial charge on any atom is 0.246 e. The van der Waals surface area contributed by atoms with Gasteiger partial charge in [-0.1, -0.05) is 0 Å². The first kappa shape index (κ1) is 16.7. The number of nitrogens with zero attached hydrogens (tertiary/aromatic N) is 3. The summed E-state index contributed by atoms with van der Waals surface area (Å²) in [6, 6.07) is 1.50. The Morgan fingerprint density at radius 3 is 2.48 bits per heavy atom. The molecule has 0 saturated heterocycles. The molecule has 0 aromatic carbocycles. The van der Waals surface area contributed by atoms with Crippen LogP contribution in [-0.4, -0.2) is 55.8 Å². The fourth-order valence-electron chi connectivity index (χ4n) is 2.64. The van der Waals surface area contributed by atoms with Gasteiger partial charge < -0.3 is 10.6 Å². The van der Waals surface area contributed by atoms with E-state index in [9.17, 15) is 8.42 Å². The number of nitrogen functional groups attached to an aromatic ring is 1. The molecule has 6 nitrogen and oxygen atoms in total. The van der Waals surface area contributed by atoms with E-state index in [1.165, 1.54) is 16.6 Å². The van der Waals surface area contributed by atoms with Crippen LogP contribution in [-0.2, 0) is 10.0 Å². The van der Waals surface area contributed by atoms with Gasteiger partial charge in [0.25, 0.3) is 0 Å². The van der Waals surface area contributed by atoms with E-state index in [-0.39, 0.29) is 16.3 Å². The maximum absolute atomic E-state index is 12.7. The summed E-state index contributed by atoms with van der Waals surface area (Å²) in [7, 11) is 1.94. The minimum absolute atomic E-state index is 0.0255. The molecule has 118 valence electrons. The highest BCUT2D eigenvalue weighted by Crippen LogP contribution is 2.37. The fourth-order valence-corrected chi connectivity index (χ4v) is 4.46. The van der Waals surface area contributed by atoms with Gasteiger partial charge in [-0.3, -0.25) is 0 Å². The van der Waals surface area contributed by atoms with Gasteiger partial charge in [0.2, 0.25) is 10.0 Å². The molecular weight excluding hydrogens is 356 g/mol. The lowest BCUT2D eigenvalue weighted by Crippen LogP contribution is -2.57. The van der Waals surface area contributed by atoms with Crippen LogP contribution in [0.3, 0.4) is 0 Å².